The molecule has 116 valence electrons. The summed E-state index contributed by atoms with van der Waals surface area (Å²) in [7, 11) is 0. The van der Waals surface area contributed by atoms with Gasteiger partial charge in [-0.15, -0.1) is 0 Å². The molecule has 0 fully saturated rings. The molecule has 1 aliphatic rings. The first-order valence-electron chi connectivity index (χ1n) is 6.65. The van der Waals surface area contributed by atoms with E-state index in [1.165, 1.54) is 0 Å². The number of aromatic nitrogens is 2. The van der Waals surface area contributed by atoms with Crippen molar-refractivity contribution in [3.8, 4) is 0 Å². The molecule has 4 nitrogen and oxygen atoms in total. The van der Waals surface area contributed by atoms with Gasteiger partial charge in [0.25, 0.3) is 0 Å². The molecule has 0 aliphatic carbocycles. The highest BCUT2D eigenvalue weighted by Gasteiger charge is 2.23. The van der Waals surface area contributed by atoms with Gasteiger partial charge in [-0.2, -0.15) is 5.10 Å². The summed E-state index contributed by atoms with van der Waals surface area (Å²) in [6.07, 6.45) is 1.64. The lowest BCUT2D eigenvalue weighted by Crippen LogP contribution is -2.15. The Morgan fingerprint density at radius 1 is 1.36 bits per heavy atom. The first-order chi connectivity index (χ1) is 10.6. The molecule has 0 saturated heterocycles. The number of hydrogen-bond donors (Lipinski definition) is 1. The molecular formula is C15H13Cl2FN2O2. The standard InChI is InChI=1S/C15H13Cl2FN2O2/c16-11-2-1-9(13(17)3-11)5-20-15-10(4-19-20)7-22-8-12(15)14(18)6-21/h1-4,21H,5-8H2/b14-12+. The molecule has 7 heteroatoms. The van der Waals surface area contributed by atoms with Crippen LogP contribution in [0.15, 0.2) is 30.2 Å². The average Bonchev–Trinajstić information content (AvgIpc) is 2.92. The van der Waals surface area contributed by atoms with E-state index in [0.717, 1.165) is 11.1 Å². The van der Waals surface area contributed by atoms with Crippen LogP contribution in [0.5, 0.6) is 0 Å². The van der Waals surface area contributed by atoms with E-state index in [2.05, 4.69) is 5.10 Å². The minimum Gasteiger partial charge on any atom is -0.389 e. The Balaban J connectivity index is 2.01. The van der Waals surface area contributed by atoms with Crippen molar-refractivity contribution in [2.45, 2.75) is 13.2 Å². The summed E-state index contributed by atoms with van der Waals surface area (Å²) in [4.78, 5) is 0. The average molecular weight is 343 g/mol. The normalized spacial score (nSPS) is 16.5. The fourth-order valence-electron chi connectivity index (χ4n) is 2.44. The van der Waals surface area contributed by atoms with E-state index in [-0.39, 0.29) is 6.61 Å². The number of halogens is 3. The molecule has 0 amide bonds. The third kappa shape index (κ3) is 2.90. The summed E-state index contributed by atoms with van der Waals surface area (Å²) in [6.45, 7) is 0.198. The predicted octanol–water partition coefficient (Wildman–Crippen LogP) is 3.44. The maximum Gasteiger partial charge on any atom is 0.133 e. The topological polar surface area (TPSA) is 47.3 Å². The number of aliphatic hydroxyl groups is 1. The number of hydrogen-bond acceptors (Lipinski definition) is 3. The molecule has 0 radical (unpaired) electrons. The number of benzene rings is 1. The van der Waals surface area contributed by atoms with Gasteiger partial charge in [-0.1, -0.05) is 29.3 Å². The zero-order valence-corrected chi connectivity index (χ0v) is 13.0. The molecule has 3 rings (SSSR count). The Bertz CT molecular complexity index is 743. The number of aliphatic hydroxyl groups excluding tert-OH is 1. The van der Waals surface area contributed by atoms with E-state index >= 15 is 0 Å². The molecule has 2 aromatic rings. The minimum absolute atomic E-state index is 0.111. The Hall–Kier alpha value is -1.40. The van der Waals surface area contributed by atoms with Crippen LogP contribution in [0.1, 0.15) is 16.8 Å². The van der Waals surface area contributed by atoms with Crippen molar-refractivity contribution in [1.29, 1.82) is 0 Å². The van der Waals surface area contributed by atoms with Crippen LogP contribution in [0.25, 0.3) is 5.57 Å². The second-order valence-electron chi connectivity index (χ2n) is 4.95. The summed E-state index contributed by atoms with van der Waals surface area (Å²) in [5, 5.41) is 14.4. The quantitative estimate of drug-likeness (QED) is 0.929. The second kappa shape index (κ2) is 6.38. The van der Waals surface area contributed by atoms with E-state index in [4.69, 9.17) is 33.0 Å². The lowest BCUT2D eigenvalue weighted by molar-refractivity contribution is 0.143. The summed E-state index contributed by atoms with van der Waals surface area (Å²) in [5.41, 5.74) is 2.58. The van der Waals surface area contributed by atoms with Crippen LogP contribution in [-0.4, -0.2) is 28.1 Å². The maximum absolute atomic E-state index is 13.9. The summed E-state index contributed by atoms with van der Waals surface area (Å²) in [6, 6.07) is 5.21. The van der Waals surface area contributed by atoms with Gasteiger partial charge < -0.3 is 9.84 Å². The third-order valence-corrected chi connectivity index (χ3v) is 4.09. The smallest absolute Gasteiger partial charge is 0.133 e. The molecule has 0 saturated carbocycles. The molecule has 1 aliphatic heterocycles. The van der Waals surface area contributed by atoms with Crippen molar-refractivity contribution in [2.24, 2.45) is 0 Å². The highest BCUT2D eigenvalue weighted by Crippen LogP contribution is 2.30. The van der Waals surface area contributed by atoms with Crippen molar-refractivity contribution >= 4 is 28.8 Å². The van der Waals surface area contributed by atoms with Crippen molar-refractivity contribution in [3.05, 3.63) is 57.1 Å². The number of rotatable bonds is 3. The first kappa shape index (κ1) is 15.5. The number of ether oxygens (including phenoxy) is 1. The largest absolute Gasteiger partial charge is 0.389 e. The van der Waals surface area contributed by atoms with Crippen molar-refractivity contribution in [2.75, 3.05) is 13.2 Å². The molecule has 2 heterocycles. The molecule has 1 N–H and O–H groups in total. The van der Waals surface area contributed by atoms with Gasteiger partial charge in [0, 0.05) is 21.2 Å². The fourth-order valence-corrected chi connectivity index (χ4v) is 2.91. The Morgan fingerprint density at radius 2 is 2.18 bits per heavy atom. The fraction of sp³-hybridized carbons (Fsp3) is 0.267. The summed E-state index contributed by atoms with van der Waals surface area (Å²) in [5.74, 6) is -0.607. The number of nitrogens with zero attached hydrogens (tertiary/aromatic N) is 2. The first-order valence-corrected chi connectivity index (χ1v) is 7.41. The molecule has 1 aromatic heterocycles. The predicted molar refractivity (Wildman–Crippen MR) is 82.6 cm³/mol. The Morgan fingerprint density at radius 3 is 2.91 bits per heavy atom. The summed E-state index contributed by atoms with van der Waals surface area (Å²) >= 11 is 12.1. The van der Waals surface area contributed by atoms with Crippen LogP contribution in [0.3, 0.4) is 0 Å². The van der Waals surface area contributed by atoms with Gasteiger partial charge in [0.1, 0.15) is 5.83 Å². The zero-order valence-electron chi connectivity index (χ0n) is 11.5. The zero-order chi connectivity index (χ0) is 15.7. The van der Waals surface area contributed by atoms with Gasteiger partial charge >= 0.3 is 0 Å². The number of fused-ring (bicyclic) bond motifs is 1. The van der Waals surface area contributed by atoms with Crippen LogP contribution in [-0.2, 0) is 17.9 Å². The Kier molecular flexibility index (Phi) is 4.49. The third-order valence-electron chi connectivity index (χ3n) is 3.51. The van der Waals surface area contributed by atoms with E-state index < -0.39 is 12.4 Å². The van der Waals surface area contributed by atoms with E-state index in [9.17, 15) is 4.39 Å². The lowest BCUT2D eigenvalue weighted by Gasteiger charge is -2.19. The van der Waals surface area contributed by atoms with Crippen LogP contribution in [0, 0.1) is 0 Å². The van der Waals surface area contributed by atoms with Crippen LogP contribution in [0.4, 0.5) is 4.39 Å². The molecule has 0 atom stereocenters. The molecule has 22 heavy (non-hydrogen) atoms. The molecule has 0 spiro atoms. The van der Waals surface area contributed by atoms with E-state index in [1.54, 1.807) is 23.0 Å². The van der Waals surface area contributed by atoms with Crippen molar-refractivity contribution in [3.63, 3.8) is 0 Å². The van der Waals surface area contributed by atoms with Gasteiger partial charge in [0.05, 0.1) is 38.3 Å². The van der Waals surface area contributed by atoms with Crippen LogP contribution in [0.2, 0.25) is 10.0 Å². The molecule has 0 bridgehead atoms. The van der Waals surface area contributed by atoms with Gasteiger partial charge in [0.15, 0.2) is 0 Å². The van der Waals surface area contributed by atoms with Crippen molar-refractivity contribution < 1.29 is 14.2 Å². The van der Waals surface area contributed by atoms with Gasteiger partial charge in [-0.25, -0.2) is 4.39 Å². The van der Waals surface area contributed by atoms with Gasteiger partial charge in [-0.05, 0) is 17.7 Å². The van der Waals surface area contributed by atoms with Crippen LogP contribution >= 0.6 is 23.2 Å². The van der Waals surface area contributed by atoms with Gasteiger partial charge in [0.2, 0.25) is 0 Å². The Labute approximate surface area is 136 Å². The molecule has 1 aromatic carbocycles. The second-order valence-corrected chi connectivity index (χ2v) is 5.79. The van der Waals surface area contributed by atoms with Crippen LogP contribution < -0.4 is 0 Å². The SMILES string of the molecule is OC/C(F)=C1/COCc2cnn(Cc3ccc(Cl)cc3Cl)c21. The molecular weight excluding hydrogens is 330 g/mol. The van der Waals surface area contributed by atoms with Crippen molar-refractivity contribution in [1.82, 2.24) is 9.78 Å². The van der Waals surface area contributed by atoms with Gasteiger partial charge in [-0.3, -0.25) is 4.68 Å². The maximum atomic E-state index is 13.9. The van der Waals surface area contributed by atoms with E-state index in [1.807, 2.05) is 6.07 Å². The monoisotopic (exact) mass is 342 g/mol. The lowest BCUT2D eigenvalue weighted by atomic mass is 10.1. The molecule has 0 unspecified atom stereocenters. The highest BCUT2D eigenvalue weighted by atomic mass is 35.5. The summed E-state index contributed by atoms with van der Waals surface area (Å²) < 4.78 is 20.9. The van der Waals surface area contributed by atoms with E-state index in [0.29, 0.717) is 34.5 Å². The highest BCUT2D eigenvalue weighted by molar-refractivity contribution is 6.35. The minimum atomic E-state index is -0.662.